The van der Waals surface area contributed by atoms with Crippen LogP contribution in [0.4, 0.5) is 0 Å². The van der Waals surface area contributed by atoms with Gasteiger partial charge in [0.1, 0.15) is 0 Å². The Morgan fingerprint density at radius 3 is 2.33 bits per heavy atom. The number of carbonyl (C=O) groups excluding carboxylic acids is 1. The minimum absolute atomic E-state index is 0.00560. The van der Waals surface area contributed by atoms with E-state index in [1.54, 1.807) is 11.9 Å². The first-order chi connectivity index (χ1) is 6.99. The molecule has 1 amide bonds. The molecule has 0 radical (unpaired) electrons. The van der Waals surface area contributed by atoms with Crippen molar-refractivity contribution in [2.24, 2.45) is 5.73 Å². The fourth-order valence-corrected chi connectivity index (χ4v) is 1.19. The largest absolute Gasteiger partial charge is 0.335 e. The van der Waals surface area contributed by atoms with Gasteiger partial charge in [0.15, 0.2) is 0 Å². The summed E-state index contributed by atoms with van der Waals surface area (Å²) in [6.45, 7) is 4.35. The van der Waals surface area contributed by atoms with Gasteiger partial charge < -0.3 is 10.6 Å². The Balaban J connectivity index is 2.87. The van der Waals surface area contributed by atoms with E-state index in [9.17, 15) is 4.79 Å². The first-order valence-electron chi connectivity index (χ1n) is 5.02. The summed E-state index contributed by atoms with van der Waals surface area (Å²) in [4.78, 5) is 13.7. The number of amides is 1. The Kier molecular flexibility index (Phi) is 3.48. The fourth-order valence-electron chi connectivity index (χ4n) is 1.19. The van der Waals surface area contributed by atoms with Gasteiger partial charge >= 0.3 is 0 Å². The number of carbonyl (C=O) groups is 1. The van der Waals surface area contributed by atoms with Crippen molar-refractivity contribution >= 4 is 5.91 Å². The third kappa shape index (κ3) is 2.57. The molecule has 0 fully saturated rings. The lowest BCUT2D eigenvalue weighted by atomic mass is 10.0. The molecule has 0 bridgehead atoms. The number of nitrogens with zero attached hydrogens (tertiary/aromatic N) is 1. The highest BCUT2D eigenvalue weighted by Gasteiger charge is 2.26. The van der Waals surface area contributed by atoms with Crippen LogP contribution in [0.15, 0.2) is 30.3 Å². The molecule has 0 aromatic heterocycles. The van der Waals surface area contributed by atoms with Gasteiger partial charge in [0.05, 0.1) is 0 Å². The van der Waals surface area contributed by atoms with Gasteiger partial charge in [-0.05, 0) is 26.0 Å². The number of hydrogen-bond donors (Lipinski definition) is 1. The second-order valence-electron chi connectivity index (χ2n) is 4.25. The molecule has 1 rings (SSSR count). The Bertz CT molecular complexity index is 333. The molecule has 1 aromatic carbocycles. The maximum absolute atomic E-state index is 12.0. The predicted octanol–water partition coefficient (Wildman–Crippen LogP) is 1.50. The van der Waals surface area contributed by atoms with Crippen LogP contribution in [0, 0.1) is 0 Å². The van der Waals surface area contributed by atoms with Crippen molar-refractivity contribution in [3.8, 4) is 0 Å². The first-order valence-corrected chi connectivity index (χ1v) is 5.02. The van der Waals surface area contributed by atoms with Gasteiger partial charge in [-0.2, -0.15) is 0 Å². The highest BCUT2D eigenvalue weighted by molar-refractivity contribution is 5.94. The molecule has 2 N–H and O–H groups in total. The van der Waals surface area contributed by atoms with Crippen LogP contribution in [0.1, 0.15) is 24.2 Å². The number of rotatable bonds is 3. The van der Waals surface area contributed by atoms with E-state index in [0.29, 0.717) is 12.1 Å². The van der Waals surface area contributed by atoms with Gasteiger partial charge in [-0.1, -0.05) is 18.2 Å². The normalized spacial score (nSPS) is 11.2. The number of likely N-dealkylation sites (N-methyl/N-ethyl adjacent to an activating group) is 1. The zero-order valence-corrected chi connectivity index (χ0v) is 9.53. The van der Waals surface area contributed by atoms with E-state index in [4.69, 9.17) is 5.73 Å². The molecule has 0 spiro atoms. The van der Waals surface area contributed by atoms with E-state index in [2.05, 4.69) is 0 Å². The molecule has 0 atom stereocenters. The summed E-state index contributed by atoms with van der Waals surface area (Å²) in [6.07, 6.45) is 0. The predicted molar refractivity (Wildman–Crippen MR) is 61.7 cm³/mol. The SMILES string of the molecule is CN(C(=O)c1ccccc1)C(C)(C)CN. The van der Waals surface area contributed by atoms with Crippen molar-refractivity contribution in [1.82, 2.24) is 4.90 Å². The third-order valence-electron chi connectivity index (χ3n) is 2.73. The van der Waals surface area contributed by atoms with Gasteiger partial charge in [0.25, 0.3) is 5.91 Å². The zero-order valence-electron chi connectivity index (χ0n) is 9.53. The van der Waals surface area contributed by atoms with Gasteiger partial charge in [0.2, 0.25) is 0 Å². The quantitative estimate of drug-likeness (QED) is 0.814. The number of hydrogen-bond acceptors (Lipinski definition) is 2. The average Bonchev–Trinajstić information content (AvgIpc) is 2.28. The summed E-state index contributed by atoms with van der Waals surface area (Å²) in [6, 6.07) is 9.23. The van der Waals surface area contributed by atoms with E-state index in [1.807, 2.05) is 44.2 Å². The molecular weight excluding hydrogens is 188 g/mol. The minimum Gasteiger partial charge on any atom is -0.335 e. The van der Waals surface area contributed by atoms with Crippen molar-refractivity contribution in [3.63, 3.8) is 0 Å². The summed E-state index contributed by atoms with van der Waals surface area (Å²) in [7, 11) is 1.78. The summed E-state index contributed by atoms with van der Waals surface area (Å²) in [5.41, 5.74) is 6.01. The van der Waals surface area contributed by atoms with E-state index in [-0.39, 0.29) is 11.4 Å². The topological polar surface area (TPSA) is 46.3 Å². The standard InChI is InChI=1S/C12H18N2O/c1-12(2,9-13)14(3)11(15)10-7-5-4-6-8-10/h4-8H,9,13H2,1-3H3. The Hall–Kier alpha value is -1.35. The van der Waals surface area contributed by atoms with Crippen molar-refractivity contribution in [1.29, 1.82) is 0 Å². The molecule has 3 nitrogen and oxygen atoms in total. The summed E-state index contributed by atoms with van der Waals surface area (Å²) < 4.78 is 0. The Morgan fingerprint density at radius 1 is 1.33 bits per heavy atom. The van der Waals surface area contributed by atoms with Crippen LogP contribution in [0.5, 0.6) is 0 Å². The van der Waals surface area contributed by atoms with Crippen molar-refractivity contribution < 1.29 is 4.79 Å². The number of benzene rings is 1. The van der Waals surface area contributed by atoms with Gasteiger partial charge in [-0.25, -0.2) is 0 Å². The second kappa shape index (κ2) is 4.45. The van der Waals surface area contributed by atoms with E-state index >= 15 is 0 Å². The molecule has 15 heavy (non-hydrogen) atoms. The Labute approximate surface area is 90.9 Å². The highest BCUT2D eigenvalue weighted by Crippen LogP contribution is 2.14. The molecule has 1 aromatic rings. The molecule has 0 saturated carbocycles. The fraction of sp³-hybridized carbons (Fsp3) is 0.417. The lowest BCUT2D eigenvalue weighted by Gasteiger charge is -2.34. The lowest BCUT2D eigenvalue weighted by molar-refractivity contribution is 0.0640. The summed E-state index contributed by atoms with van der Waals surface area (Å²) in [5.74, 6) is 0.00560. The molecule has 0 unspecified atom stereocenters. The van der Waals surface area contributed by atoms with Gasteiger partial charge in [0, 0.05) is 24.7 Å². The van der Waals surface area contributed by atoms with Crippen LogP contribution >= 0.6 is 0 Å². The number of nitrogens with two attached hydrogens (primary N) is 1. The molecule has 0 saturated heterocycles. The van der Waals surface area contributed by atoms with Crippen LogP contribution in [0.3, 0.4) is 0 Å². The molecule has 0 aliphatic carbocycles. The second-order valence-corrected chi connectivity index (χ2v) is 4.25. The van der Waals surface area contributed by atoms with Crippen LogP contribution in [0.2, 0.25) is 0 Å². The molecule has 3 heteroatoms. The Morgan fingerprint density at radius 2 is 1.87 bits per heavy atom. The van der Waals surface area contributed by atoms with Crippen LogP contribution in [-0.4, -0.2) is 29.9 Å². The van der Waals surface area contributed by atoms with Crippen molar-refractivity contribution in [2.75, 3.05) is 13.6 Å². The highest BCUT2D eigenvalue weighted by atomic mass is 16.2. The van der Waals surface area contributed by atoms with E-state index in [1.165, 1.54) is 0 Å². The van der Waals surface area contributed by atoms with Crippen LogP contribution in [0.25, 0.3) is 0 Å². The monoisotopic (exact) mass is 206 g/mol. The summed E-state index contributed by atoms with van der Waals surface area (Å²) >= 11 is 0. The smallest absolute Gasteiger partial charge is 0.254 e. The van der Waals surface area contributed by atoms with Crippen molar-refractivity contribution in [3.05, 3.63) is 35.9 Å². The summed E-state index contributed by atoms with van der Waals surface area (Å²) in [5, 5.41) is 0. The van der Waals surface area contributed by atoms with Crippen LogP contribution in [-0.2, 0) is 0 Å². The lowest BCUT2D eigenvalue weighted by Crippen LogP contribution is -2.50. The molecule has 0 aliphatic rings. The molecular formula is C12H18N2O. The zero-order chi connectivity index (χ0) is 11.5. The van der Waals surface area contributed by atoms with Gasteiger partial charge in [-0.3, -0.25) is 4.79 Å². The molecule has 82 valence electrons. The van der Waals surface area contributed by atoms with Crippen LogP contribution < -0.4 is 5.73 Å². The maximum atomic E-state index is 12.0. The van der Waals surface area contributed by atoms with E-state index in [0.717, 1.165) is 0 Å². The van der Waals surface area contributed by atoms with Gasteiger partial charge in [-0.15, -0.1) is 0 Å². The maximum Gasteiger partial charge on any atom is 0.254 e. The average molecular weight is 206 g/mol. The molecule has 0 aliphatic heterocycles. The minimum atomic E-state index is -0.313. The molecule has 0 heterocycles. The first kappa shape index (κ1) is 11.7. The van der Waals surface area contributed by atoms with Crippen molar-refractivity contribution in [2.45, 2.75) is 19.4 Å². The third-order valence-corrected chi connectivity index (χ3v) is 2.73. The van der Waals surface area contributed by atoms with E-state index < -0.39 is 0 Å².